The highest BCUT2D eigenvalue weighted by molar-refractivity contribution is 6.14. The van der Waals surface area contributed by atoms with E-state index in [4.69, 9.17) is 9.47 Å². The molecule has 0 spiro atoms. The van der Waals surface area contributed by atoms with Gasteiger partial charge >= 0.3 is 0 Å². The number of aromatic hydroxyl groups is 1. The number of benzene rings is 2. The molecule has 0 fully saturated rings. The Kier molecular flexibility index (Phi) is 3.36. The Bertz CT molecular complexity index is 731. The molecule has 106 valence electrons. The molecule has 0 saturated carbocycles. The fourth-order valence-corrected chi connectivity index (χ4v) is 2.17. The fourth-order valence-electron chi connectivity index (χ4n) is 2.17. The van der Waals surface area contributed by atoms with Crippen molar-refractivity contribution in [2.45, 2.75) is 6.92 Å². The number of carbonyl (C=O) groups excluding carboxylic acids is 1. The molecule has 0 amide bonds. The third-order valence-electron chi connectivity index (χ3n) is 3.18. The lowest BCUT2D eigenvalue weighted by Gasteiger charge is -2.04. The van der Waals surface area contributed by atoms with Crippen LogP contribution >= 0.6 is 0 Å². The predicted octanol–water partition coefficient (Wildman–Crippen LogP) is 3.41. The van der Waals surface area contributed by atoms with Crippen molar-refractivity contribution in [1.82, 2.24) is 0 Å². The van der Waals surface area contributed by atoms with Gasteiger partial charge in [0.1, 0.15) is 17.2 Å². The van der Waals surface area contributed by atoms with E-state index in [0.717, 1.165) is 0 Å². The maximum atomic E-state index is 12.3. The second-order valence-corrected chi connectivity index (χ2v) is 4.59. The molecular formula is C17H14O4. The normalized spacial score (nSPS) is 14.9. The number of ether oxygens (including phenoxy) is 2. The number of allylic oxidation sites excluding steroid dienone is 1. The summed E-state index contributed by atoms with van der Waals surface area (Å²) >= 11 is 0. The molecule has 0 unspecified atom stereocenters. The fraction of sp³-hybridized carbons (Fsp3) is 0.118. The minimum atomic E-state index is -0.198. The molecule has 0 atom stereocenters. The average molecular weight is 282 g/mol. The molecule has 0 aromatic heterocycles. The zero-order valence-electron chi connectivity index (χ0n) is 11.5. The van der Waals surface area contributed by atoms with Crippen LogP contribution in [0, 0.1) is 0 Å². The number of carbonyl (C=O) groups is 1. The zero-order chi connectivity index (χ0) is 14.8. The van der Waals surface area contributed by atoms with Gasteiger partial charge in [0.2, 0.25) is 5.78 Å². The number of phenolic OH excluding ortho intramolecular Hbond substituents is 1. The maximum absolute atomic E-state index is 12.3. The van der Waals surface area contributed by atoms with Crippen LogP contribution in [0.4, 0.5) is 0 Å². The maximum Gasteiger partial charge on any atom is 0.231 e. The first-order chi connectivity index (χ1) is 10.2. The quantitative estimate of drug-likeness (QED) is 0.876. The Balaban J connectivity index is 1.95. The van der Waals surface area contributed by atoms with Crippen molar-refractivity contribution in [2.24, 2.45) is 0 Å². The largest absolute Gasteiger partial charge is 0.507 e. The van der Waals surface area contributed by atoms with Crippen molar-refractivity contribution in [1.29, 1.82) is 0 Å². The van der Waals surface area contributed by atoms with E-state index in [1.807, 2.05) is 6.92 Å². The van der Waals surface area contributed by atoms with Gasteiger partial charge in [0.05, 0.1) is 12.2 Å². The van der Waals surface area contributed by atoms with Crippen LogP contribution in [-0.2, 0) is 0 Å². The van der Waals surface area contributed by atoms with Gasteiger partial charge in [-0.25, -0.2) is 0 Å². The second-order valence-electron chi connectivity index (χ2n) is 4.59. The van der Waals surface area contributed by atoms with Gasteiger partial charge in [-0.2, -0.15) is 0 Å². The topological polar surface area (TPSA) is 55.8 Å². The van der Waals surface area contributed by atoms with Crippen LogP contribution < -0.4 is 9.47 Å². The van der Waals surface area contributed by atoms with Crippen molar-refractivity contribution in [3.8, 4) is 17.2 Å². The number of ketones is 1. The third-order valence-corrected chi connectivity index (χ3v) is 3.18. The monoisotopic (exact) mass is 282 g/mol. The smallest absolute Gasteiger partial charge is 0.231 e. The minimum absolute atomic E-state index is 0.104. The summed E-state index contributed by atoms with van der Waals surface area (Å²) in [4.78, 5) is 12.3. The standard InChI is InChI=1S/C17H14O4/c1-2-20-12-7-8-13-15(10-12)21-16(17(13)19)9-11-5-3-4-6-14(11)18/h3-10,18H,2H2,1H3/b16-9-. The van der Waals surface area contributed by atoms with Crippen molar-refractivity contribution in [3.05, 3.63) is 59.4 Å². The Morgan fingerprint density at radius 2 is 2.05 bits per heavy atom. The molecule has 0 radical (unpaired) electrons. The number of phenols is 1. The molecule has 2 aromatic carbocycles. The number of para-hydroxylation sites is 1. The van der Waals surface area contributed by atoms with Crippen LogP contribution in [-0.4, -0.2) is 17.5 Å². The molecule has 0 aliphatic carbocycles. The lowest BCUT2D eigenvalue weighted by atomic mass is 10.1. The number of fused-ring (bicyclic) bond motifs is 1. The SMILES string of the molecule is CCOc1ccc2c(c1)O/C(=C\c1ccccc1O)C2=O. The highest BCUT2D eigenvalue weighted by Gasteiger charge is 2.27. The summed E-state index contributed by atoms with van der Waals surface area (Å²) in [6, 6.07) is 11.9. The van der Waals surface area contributed by atoms with Crippen LogP contribution in [0.2, 0.25) is 0 Å². The summed E-state index contributed by atoms with van der Waals surface area (Å²) in [5, 5.41) is 9.76. The average Bonchev–Trinajstić information content (AvgIpc) is 2.78. The van der Waals surface area contributed by atoms with Gasteiger partial charge < -0.3 is 14.6 Å². The number of hydrogen-bond acceptors (Lipinski definition) is 4. The van der Waals surface area contributed by atoms with Crippen LogP contribution in [0.5, 0.6) is 17.2 Å². The van der Waals surface area contributed by atoms with E-state index in [-0.39, 0.29) is 17.3 Å². The first kappa shape index (κ1) is 13.2. The Morgan fingerprint density at radius 3 is 2.81 bits per heavy atom. The second kappa shape index (κ2) is 5.32. The van der Waals surface area contributed by atoms with Gasteiger partial charge in [-0.1, -0.05) is 18.2 Å². The van der Waals surface area contributed by atoms with Gasteiger partial charge in [-0.3, -0.25) is 4.79 Å². The lowest BCUT2D eigenvalue weighted by molar-refractivity contribution is 0.101. The van der Waals surface area contributed by atoms with E-state index in [1.165, 1.54) is 6.08 Å². The summed E-state index contributed by atoms with van der Waals surface area (Å²) in [5.41, 5.74) is 1.04. The summed E-state index contributed by atoms with van der Waals surface area (Å²) in [6.07, 6.45) is 1.54. The van der Waals surface area contributed by atoms with Crippen molar-refractivity contribution in [3.63, 3.8) is 0 Å². The lowest BCUT2D eigenvalue weighted by Crippen LogP contribution is -1.98. The summed E-state index contributed by atoms with van der Waals surface area (Å²) < 4.78 is 11.0. The summed E-state index contributed by atoms with van der Waals surface area (Å²) in [7, 11) is 0. The molecule has 1 N–H and O–H groups in total. The first-order valence-corrected chi connectivity index (χ1v) is 6.68. The van der Waals surface area contributed by atoms with Gasteiger partial charge in [-0.15, -0.1) is 0 Å². The van der Waals surface area contributed by atoms with Gasteiger partial charge in [-0.05, 0) is 31.2 Å². The predicted molar refractivity (Wildman–Crippen MR) is 78.7 cm³/mol. The molecule has 0 bridgehead atoms. The Morgan fingerprint density at radius 1 is 1.24 bits per heavy atom. The van der Waals surface area contributed by atoms with Crippen molar-refractivity contribution >= 4 is 11.9 Å². The molecule has 4 heteroatoms. The van der Waals surface area contributed by atoms with Gasteiger partial charge in [0.15, 0.2) is 5.76 Å². The van der Waals surface area contributed by atoms with Crippen molar-refractivity contribution < 1.29 is 19.4 Å². The first-order valence-electron chi connectivity index (χ1n) is 6.68. The third kappa shape index (κ3) is 2.48. The highest BCUT2D eigenvalue weighted by Crippen LogP contribution is 2.35. The van der Waals surface area contributed by atoms with Gasteiger partial charge in [0, 0.05) is 11.6 Å². The Labute approximate surface area is 122 Å². The van der Waals surface area contributed by atoms with E-state index < -0.39 is 0 Å². The van der Waals surface area contributed by atoms with E-state index in [1.54, 1.807) is 42.5 Å². The van der Waals surface area contributed by atoms with Crippen LogP contribution in [0.15, 0.2) is 48.2 Å². The molecule has 0 saturated heterocycles. The van der Waals surface area contributed by atoms with E-state index in [0.29, 0.717) is 29.2 Å². The minimum Gasteiger partial charge on any atom is -0.507 e. The highest BCUT2D eigenvalue weighted by atomic mass is 16.5. The molecule has 3 rings (SSSR count). The number of Topliss-reactive ketones (excluding diaryl/α,β-unsaturated/α-hetero) is 1. The van der Waals surface area contributed by atoms with Crippen LogP contribution in [0.3, 0.4) is 0 Å². The molecule has 4 nitrogen and oxygen atoms in total. The Hall–Kier alpha value is -2.75. The van der Waals surface area contributed by atoms with Crippen molar-refractivity contribution in [2.75, 3.05) is 6.61 Å². The zero-order valence-corrected chi connectivity index (χ0v) is 11.5. The van der Waals surface area contributed by atoms with Gasteiger partial charge in [0.25, 0.3) is 0 Å². The number of rotatable bonds is 3. The molecule has 2 aromatic rings. The van der Waals surface area contributed by atoms with Crippen LogP contribution in [0.25, 0.3) is 6.08 Å². The van der Waals surface area contributed by atoms with Crippen LogP contribution in [0.1, 0.15) is 22.8 Å². The van der Waals surface area contributed by atoms with E-state index >= 15 is 0 Å². The molecule has 1 aliphatic rings. The molecular weight excluding hydrogens is 268 g/mol. The summed E-state index contributed by atoms with van der Waals surface area (Å²) in [5.74, 6) is 1.24. The molecule has 21 heavy (non-hydrogen) atoms. The molecule has 1 heterocycles. The molecule has 1 aliphatic heterocycles. The van der Waals surface area contributed by atoms with E-state index in [2.05, 4.69) is 0 Å². The van der Waals surface area contributed by atoms with E-state index in [9.17, 15) is 9.90 Å². The number of hydrogen-bond donors (Lipinski definition) is 1. The summed E-state index contributed by atoms with van der Waals surface area (Å²) in [6.45, 7) is 2.44.